The molecule has 0 N–H and O–H groups in total. The van der Waals surface area contributed by atoms with Gasteiger partial charge in [-0.3, -0.25) is 9.69 Å². The van der Waals surface area contributed by atoms with Crippen LogP contribution in [0, 0.1) is 5.92 Å². The van der Waals surface area contributed by atoms with E-state index in [2.05, 4.69) is 0 Å². The third-order valence-electron chi connectivity index (χ3n) is 2.85. The molecule has 0 atom stereocenters. The van der Waals surface area contributed by atoms with Crippen LogP contribution in [-0.2, 0) is 14.6 Å². The Labute approximate surface area is 84.2 Å². The molecule has 1 heterocycles. The van der Waals surface area contributed by atoms with Crippen molar-refractivity contribution in [3.8, 4) is 0 Å². The molecule has 1 aliphatic carbocycles. The fourth-order valence-corrected chi connectivity index (χ4v) is 2.94. The maximum Gasteiger partial charge on any atom is 0.152 e. The molecule has 2 aliphatic rings. The number of nitrogens with zero attached hydrogens (tertiary/aromatic N) is 1. The first kappa shape index (κ1) is 10.1. The van der Waals surface area contributed by atoms with E-state index in [1.807, 2.05) is 4.90 Å². The first-order valence-electron chi connectivity index (χ1n) is 5.02. The van der Waals surface area contributed by atoms with E-state index in [1.54, 1.807) is 0 Å². The van der Waals surface area contributed by atoms with Gasteiger partial charge in [0.2, 0.25) is 0 Å². The average Bonchev–Trinajstić information content (AvgIpc) is 2.91. The largest absolute Gasteiger partial charge is 0.298 e. The van der Waals surface area contributed by atoms with Gasteiger partial charge in [-0.15, -0.1) is 0 Å². The third kappa shape index (κ3) is 2.54. The lowest BCUT2D eigenvalue weighted by molar-refractivity contribution is -0.121. The van der Waals surface area contributed by atoms with Gasteiger partial charge < -0.3 is 0 Å². The van der Waals surface area contributed by atoms with Crippen molar-refractivity contribution < 1.29 is 13.2 Å². The van der Waals surface area contributed by atoms with Crippen LogP contribution in [0.4, 0.5) is 0 Å². The summed E-state index contributed by atoms with van der Waals surface area (Å²) in [6, 6.07) is 0. The van der Waals surface area contributed by atoms with Crippen LogP contribution in [-0.4, -0.2) is 50.2 Å². The van der Waals surface area contributed by atoms with Gasteiger partial charge in [0.05, 0.1) is 18.1 Å². The van der Waals surface area contributed by atoms with Gasteiger partial charge in [0.15, 0.2) is 9.84 Å². The second-order valence-corrected chi connectivity index (χ2v) is 6.47. The van der Waals surface area contributed by atoms with Crippen molar-refractivity contribution in [3.05, 3.63) is 0 Å². The van der Waals surface area contributed by atoms with E-state index in [1.165, 1.54) is 0 Å². The number of Topliss-reactive ketones (excluding diaryl/α,β-unsaturated/α-hetero) is 1. The number of rotatable bonds is 3. The zero-order chi connectivity index (χ0) is 10.2. The molecule has 0 bridgehead atoms. The zero-order valence-electron chi connectivity index (χ0n) is 8.11. The summed E-state index contributed by atoms with van der Waals surface area (Å²) in [5, 5.41) is 0. The Bertz CT molecular complexity index is 318. The quantitative estimate of drug-likeness (QED) is 0.651. The monoisotopic (exact) mass is 217 g/mol. The van der Waals surface area contributed by atoms with Crippen molar-refractivity contribution in [2.24, 2.45) is 5.92 Å². The van der Waals surface area contributed by atoms with Gasteiger partial charge in [0.25, 0.3) is 0 Å². The van der Waals surface area contributed by atoms with Crippen LogP contribution in [0.15, 0.2) is 0 Å². The van der Waals surface area contributed by atoms with E-state index in [9.17, 15) is 13.2 Å². The smallest absolute Gasteiger partial charge is 0.152 e. The molecule has 2 fully saturated rings. The van der Waals surface area contributed by atoms with Crippen molar-refractivity contribution >= 4 is 15.6 Å². The normalized spacial score (nSPS) is 27.4. The topological polar surface area (TPSA) is 54.5 Å². The Morgan fingerprint density at radius 3 is 2.29 bits per heavy atom. The predicted molar refractivity (Wildman–Crippen MR) is 52.8 cm³/mol. The maximum absolute atomic E-state index is 11.4. The molecule has 0 spiro atoms. The standard InChI is InChI=1S/C9H15NO3S/c11-9(8-1-2-8)7-10-3-5-14(12,13)6-4-10/h8H,1-7H2. The minimum absolute atomic E-state index is 0.213. The number of hydrogen-bond acceptors (Lipinski definition) is 4. The van der Waals surface area contributed by atoms with E-state index in [0.29, 0.717) is 25.4 Å². The second-order valence-electron chi connectivity index (χ2n) is 4.17. The summed E-state index contributed by atoms with van der Waals surface area (Å²) < 4.78 is 22.2. The number of carbonyl (C=O) groups excluding carboxylic acids is 1. The van der Waals surface area contributed by atoms with E-state index >= 15 is 0 Å². The number of sulfone groups is 1. The summed E-state index contributed by atoms with van der Waals surface area (Å²) in [7, 11) is -2.81. The molecule has 5 heteroatoms. The van der Waals surface area contributed by atoms with E-state index in [4.69, 9.17) is 0 Å². The average molecular weight is 217 g/mol. The molecule has 0 radical (unpaired) electrons. The number of carbonyl (C=O) groups is 1. The fraction of sp³-hybridized carbons (Fsp3) is 0.889. The zero-order valence-corrected chi connectivity index (χ0v) is 8.92. The molecule has 1 saturated carbocycles. The minimum atomic E-state index is -2.81. The first-order valence-corrected chi connectivity index (χ1v) is 6.84. The lowest BCUT2D eigenvalue weighted by Crippen LogP contribution is -2.43. The molecular weight excluding hydrogens is 202 g/mol. The molecule has 80 valence electrons. The van der Waals surface area contributed by atoms with Gasteiger partial charge in [0, 0.05) is 19.0 Å². The fourth-order valence-electron chi connectivity index (χ4n) is 1.66. The van der Waals surface area contributed by atoms with Crippen LogP contribution >= 0.6 is 0 Å². The first-order chi connectivity index (χ1) is 6.57. The van der Waals surface area contributed by atoms with Gasteiger partial charge in [0.1, 0.15) is 5.78 Å². The Kier molecular flexibility index (Phi) is 2.62. The molecular formula is C9H15NO3S. The summed E-state index contributed by atoms with van der Waals surface area (Å²) in [5.74, 6) is 1.01. The molecule has 0 amide bonds. The van der Waals surface area contributed by atoms with Gasteiger partial charge in [-0.05, 0) is 12.8 Å². The second kappa shape index (κ2) is 3.62. The molecule has 1 saturated heterocycles. The molecule has 2 rings (SSSR count). The number of ketones is 1. The summed E-state index contributed by atoms with van der Waals surface area (Å²) in [4.78, 5) is 13.4. The Morgan fingerprint density at radius 2 is 1.79 bits per heavy atom. The van der Waals surface area contributed by atoms with Crippen LogP contribution in [0.1, 0.15) is 12.8 Å². The molecule has 4 nitrogen and oxygen atoms in total. The molecule has 0 aromatic rings. The highest BCUT2D eigenvalue weighted by atomic mass is 32.2. The third-order valence-corrected chi connectivity index (χ3v) is 4.46. The van der Waals surface area contributed by atoms with E-state index in [-0.39, 0.29) is 17.4 Å². The molecule has 14 heavy (non-hydrogen) atoms. The highest BCUT2D eigenvalue weighted by molar-refractivity contribution is 7.91. The van der Waals surface area contributed by atoms with Gasteiger partial charge in [-0.2, -0.15) is 0 Å². The van der Waals surface area contributed by atoms with Crippen LogP contribution in [0.5, 0.6) is 0 Å². The van der Waals surface area contributed by atoms with Gasteiger partial charge in [-0.1, -0.05) is 0 Å². The van der Waals surface area contributed by atoms with Crippen molar-refractivity contribution in [1.82, 2.24) is 4.90 Å². The predicted octanol–water partition coefficient (Wildman–Crippen LogP) is -0.304. The maximum atomic E-state index is 11.4. The Hall–Kier alpha value is -0.420. The molecule has 0 aromatic heterocycles. The van der Waals surface area contributed by atoms with Gasteiger partial charge >= 0.3 is 0 Å². The summed E-state index contributed by atoms with van der Waals surface area (Å²) >= 11 is 0. The van der Waals surface area contributed by atoms with Crippen molar-refractivity contribution in [3.63, 3.8) is 0 Å². The lowest BCUT2D eigenvalue weighted by Gasteiger charge is -2.25. The van der Waals surface area contributed by atoms with Crippen LogP contribution in [0.25, 0.3) is 0 Å². The minimum Gasteiger partial charge on any atom is -0.298 e. The van der Waals surface area contributed by atoms with Crippen molar-refractivity contribution in [1.29, 1.82) is 0 Å². The molecule has 0 aromatic carbocycles. The SMILES string of the molecule is O=C(CN1CCS(=O)(=O)CC1)C1CC1. The van der Waals surface area contributed by atoms with Crippen LogP contribution in [0.2, 0.25) is 0 Å². The van der Waals surface area contributed by atoms with Crippen molar-refractivity contribution in [2.45, 2.75) is 12.8 Å². The van der Waals surface area contributed by atoms with E-state index < -0.39 is 9.84 Å². The molecule has 0 unspecified atom stereocenters. The Balaban J connectivity index is 1.80. The molecule has 1 aliphatic heterocycles. The summed E-state index contributed by atoms with van der Waals surface area (Å²) in [6.45, 7) is 1.52. The van der Waals surface area contributed by atoms with Crippen LogP contribution in [0.3, 0.4) is 0 Å². The summed E-state index contributed by atoms with van der Waals surface area (Å²) in [6.07, 6.45) is 2.07. The van der Waals surface area contributed by atoms with Gasteiger partial charge in [-0.25, -0.2) is 8.42 Å². The highest BCUT2D eigenvalue weighted by Gasteiger charge is 2.31. The number of hydrogen-bond donors (Lipinski definition) is 0. The lowest BCUT2D eigenvalue weighted by atomic mass is 10.2. The van der Waals surface area contributed by atoms with E-state index in [0.717, 1.165) is 12.8 Å². The van der Waals surface area contributed by atoms with Crippen molar-refractivity contribution in [2.75, 3.05) is 31.1 Å². The summed E-state index contributed by atoms with van der Waals surface area (Å²) in [5.41, 5.74) is 0. The highest BCUT2D eigenvalue weighted by Crippen LogP contribution is 2.30. The Morgan fingerprint density at radius 1 is 1.21 bits per heavy atom. The van der Waals surface area contributed by atoms with Crippen LogP contribution < -0.4 is 0 Å².